The van der Waals surface area contributed by atoms with Crippen molar-refractivity contribution in [2.75, 3.05) is 6.61 Å². The summed E-state index contributed by atoms with van der Waals surface area (Å²) in [6, 6.07) is 14.8. The first-order chi connectivity index (χ1) is 16.3. The number of halogens is 1. The van der Waals surface area contributed by atoms with Crippen molar-refractivity contribution in [1.82, 2.24) is 0 Å². The van der Waals surface area contributed by atoms with Crippen LogP contribution in [-0.2, 0) is 16.0 Å². The van der Waals surface area contributed by atoms with E-state index in [-0.39, 0.29) is 25.0 Å². The van der Waals surface area contributed by atoms with Gasteiger partial charge in [-0.1, -0.05) is 36.4 Å². The fourth-order valence-electron chi connectivity index (χ4n) is 4.23. The molecule has 35 heavy (non-hydrogen) atoms. The smallest absolute Gasteiger partial charge is 0.330 e. The van der Waals surface area contributed by atoms with Gasteiger partial charge in [0.2, 0.25) is 0 Å². The SMILES string of the molecule is Cc1c2c(c3ccccc3c1O)OC(C)(CCOC(=O)C=Cc1ccc(N=C(N)N)cc1)CC2.Cl. The lowest BCUT2D eigenvalue weighted by atomic mass is 9.86. The van der Waals surface area contributed by atoms with E-state index in [2.05, 4.69) is 4.99 Å². The van der Waals surface area contributed by atoms with Crippen molar-refractivity contribution < 1.29 is 19.4 Å². The number of carbonyl (C=O) groups is 1. The predicted octanol–water partition coefficient (Wildman–Crippen LogP) is 4.91. The quantitative estimate of drug-likeness (QED) is 0.193. The highest BCUT2D eigenvalue weighted by molar-refractivity contribution is 5.96. The van der Waals surface area contributed by atoms with Crippen LogP contribution in [0.15, 0.2) is 59.6 Å². The number of rotatable bonds is 6. The second kappa shape index (κ2) is 10.7. The Morgan fingerprint density at radius 2 is 1.86 bits per heavy atom. The molecule has 0 aliphatic carbocycles. The molecular formula is C27H30ClN3O4. The summed E-state index contributed by atoms with van der Waals surface area (Å²) in [5.74, 6) is 0.704. The Morgan fingerprint density at radius 3 is 2.54 bits per heavy atom. The first-order valence-electron chi connectivity index (χ1n) is 11.2. The van der Waals surface area contributed by atoms with Crippen molar-refractivity contribution in [1.29, 1.82) is 0 Å². The molecule has 1 aliphatic rings. The van der Waals surface area contributed by atoms with Gasteiger partial charge >= 0.3 is 5.97 Å². The molecule has 4 rings (SSSR count). The molecule has 7 nitrogen and oxygen atoms in total. The van der Waals surface area contributed by atoms with Crippen molar-refractivity contribution in [3.05, 3.63) is 71.3 Å². The maximum absolute atomic E-state index is 12.2. The van der Waals surface area contributed by atoms with E-state index in [1.807, 2.05) is 50.2 Å². The molecule has 0 saturated heterocycles. The van der Waals surface area contributed by atoms with Crippen molar-refractivity contribution in [3.8, 4) is 11.5 Å². The third kappa shape index (κ3) is 5.87. The maximum Gasteiger partial charge on any atom is 0.330 e. The molecule has 3 aromatic rings. The van der Waals surface area contributed by atoms with Gasteiger partial charge in [0, 0.05) is 28.8 Å². The zero-order valence-electron chi connectivity index (χ0n) is 19.8. The average Bonchev–Trinajstić information content (AvgIpc) is 2.81. The van der Waals surface area contributed by atoms with E-state index in [1.165, 1.54) is 6.08 Å². The van der Waals surface area contributed by atoms with Crippen molar-refractivity contribution in [3.63, 3.8) is 0 Å². The Kier molecular flexibility index (Phi) is 7.92. The molecule has 0 amide bonds. The Balaban J connectivity index is 0.00000342. The van der Waals surface area contributed by atoms with E-state index < -0.39 is 11.6 Å². The number of benzene rings is 3. The van der Waals surface area contributed by atoms with Gasteiger partial charge in [0.25, 0.3) is 0 Å². The molecule has 3 aromatic carbocycles. The number of aliphatic imine (C=N–C) groups is 1. The number of fused-ring (bicyclic) bond motifs is 3. The summed E-state index contributed by atoms with van der Waals surface area (Å²) in [4.78, 5) is 16.2. The molecule has 0 bridgehead atoms. The first kappa shape index (κ1) is 25.9. The highest BCUT2D eigenvalue weighted by atomic mass is 35.5. The number of phenols is 1. The van der Waals surface area contributed by atoms with Gasteiger partial charge in [0.1, 0.15) is 17.1 Å². The van der Waals surface area contributed by atoms with E-state index in [1.54, 1.807) is 18.2 Å². The standard InChI is InChI=1S/C27H29N3O4.ClH/c1-17-20-13-14-27(2,34-25(20)22-6-4-3-5-21(22)24(17)32)15-16-33-23(31)12-9-18-7-10-19(11-8-18)30-26(28)29;/h3-12,32H,13-16H2,1-2H3,(H4,28,29,30);1H. The van der Waals surface area contributed by atoms with Crippen LogP contribution in [0.1, 0.15) is 36.5 Å². The number of nitrogens with zero attached hydrogens (tertiary/aromatic N) is 1. The van der Waals surface area contributed by atoms with Gasteiger partial charge in [-0.05, 0) is 56.0 Å². The van der Waals surface area contributed by atoms with E-state index in [0.717, 1.165) is 46.1 Å². The largest absolute Gasteiger partial charge is 0.507 e. The molecule has 1 aliphatic heterocycles. The molecule has 1 unspecified atom stereocenters. The molecule has 0 saturated carbocycles. The topological polar surface area (TPSA) is 120 Å². The van der Waals surface area contributed by atoms with Crippen molar-refractivity contribution >= 4 is 46.9 Å². The summed E-state index contributed by atoms with van der Waals surface area (Å²) in [5.41, 5.74) is 13.6. The highest BCUT2D eigenvalue weighted by Crippen LogP contribution is 2.45. The maximum atomic E-state index is 12.2. The number of nitrogens with two attached hydrogens (primary N) is 2. The van der Waals surface area contributed by atoms with Crippen LogP contribution < -0.4 is 16.2 Å². The van der Waals surface area contributed by atoms with E-state index in [9.17, 15) is 9.90 Å². The third-order valence-corrected chi connectivity index (χ3v) is 6.20. The number of carbonyl (C=O) groups excluding carboxylic acids is 1. The summed E-state index contributed by atoms with van der Waals surface area (Å²) < 4.78 is 11.9. The Bertz CT molecular complexity index is 1280. The number of hydrogen-bond donors (Lipinski definition) is 3. The van der Waals surface area contributed by atoms with Gasteiger partial charge in [-0.3, -0.25) is 0 Å². The molecule has 8 heteroatoms. The molecule has 0 aromatic heterocycles. The van der Waals surface area contributed by atoms with Gasteiger partial charge in [0.05, 0.1) is 12.3 Å². The van der Waals surface area contributed by atoms with Crippen LogP contribution in [-0.4, -0.2) is 29.2 Å². The zero-order valence-corrected chi connectivity index (χ0v) is 20.6. The number of guanidine groups is 1. The lowest BCUT2D eigenvalue weighted by Crippen LogP contribution is -2.38. The molecule has 0 spiro atoms. The first-order valence-corrected chi connectivity index (χ1v) is 11.2. The average molecular weight is 496 g/mol. The summed E-state index contributed by atoms with van der Waals surface area (Å²) in [6.07, 6.45) is 5.20. The number of phenolic OH excluding ortho intramolecular Hbond substituents is 1. The Hall–Kier alpha value is -3.71. The molecular weight excluding hydrogens is 466 g/mol. The minimum Gasteiger partial charge on any atom is -0.507 e. The van der Waals surface area contributed by atoms with Gasteiger partial charge < -0.3 is 26.0 Å². The van der Waals surface area contributed by atoms with Crippen LogP contribution >= 0.6 is 12.4 Å². The molecule has 1 heterocycles. The van der Waals surface area contributed by atoms with Crippen LogP contribution in [0, 0.1) is 6.92 Å². The monoisotopic (exact) mass is 495 g/mol. The van der Waals surface area contributed by atoms with Gasteiger partial charge in [-0.25, -0.2) is 9.79 Å². The molecule has 1 atom stereocenters. The third-order valence-electron chi connectivity index (χ3n) is 6.20. The number of esters is 1. The lowest BCUT2D eigenvalue weighted by Gasteiger charge is -2.37. The summed E-state index contributed by atoms with van der Waals surface area (Å²) in [7, 11) is 0. The zero-order chi connectivity index (χ0) is 24.3. The second-order valence-corrected chi connectivity index (χ2v) is 8.76. The highest BCUT2D eigenvalue weighted by Gasteiger charge is 2.34. The minimum atomic E-state index is -0.468. The van der Waals surface area contributed by atoms with Crippen molar-refractivity contribution in [2.24, 2.45) is 16.5 Å². The minimum absolute atomic E-state index is 0. The molecule has 0 radical (unpaired) electrons. The van der Waals surface area contributed by atoms with Crippen LogP contribution in [0.5, 0.6) is 11.5 Å². The predicted molar refractivity (Wildman–Crippen MR) is 141 cm³/mol. The van der Waals surface area contributed by atoms with Crippen LogP contribution in [0.3, 0.4) is 0 Å². The Morgan fingerprint density at radius 1 is 1.17 bits per heavy atom. The van der Waals surface area contributed by atoms with Crippen LogP contribution in [0.4, 0.5) is 5.69 Å². The van der Waals surface area contributed by atoms with Gasteiger partial charge in [-0.2, -0.15) is 0 Å². The second-order valence-electron chi connectivity index (χ2n) is 8.76. The fourth-order valence-corrected chi connectivity index (χ4v) is 4.23. The summed E-state index contributed by atoms with van der Waals surface area (Å²) in [5, 5.41) is 12.3. The number of aromatic hydroxyl groups is 1. The Labute approximate surface area is 210 Å². The summed E-state index contributed by atoms with van der Waals surface area (Å²) in [6.45, 7) is 4.21. The van der Waals surface area contributed by atoms with Gasteiger partial charge in [0.15, 0.2) is 5.96 Å². The van der Waals surface area contributed by atoms with E-state index in [0.29, 0.717) is 17.9 Å². The van der Waals surface area contributed by atoms with Crippen LogP contribution in [0.25, 0.3) is 16.8 Å². The summed E-state index contributed by atoms with van der Waals surface area (Å²) >= 11 is 0. The normalized spacial score (nSPS) is 16.7. The fraction of sp³-hybridized carbons (Fsp3) is 0.259. The van der Waals surface area contributed by atoms with Crippen molar-refractivity contribution in [2.45, 2.75) is 38.7 Å². The van der Waals surface area contributed by atoms with E-state index in [4.69, 9.17) is 20.9 Å². The number of hydrogen-bond acceptors (Lipinski definition) is 5. The molecule has 184 valence electrons. The number of ether oxygens (including phenoxy) is 2. The van der Waals surface area contributed by atoms with Crippen LogP contribution in [0.2, 0.25) is 0 Å². The molecule has 5 N–H and O–H groups in total. The molecule has 0 fully saturated rings. The van der Waals surface area contributed by atoms with E-state index >= 15 is 0 Å². The lowest BCUT2D eigenvalue weighted by molar-refractivity contribution is -0.138. The van der Waals surface area contributed by atoms with Gasteiger partial charge in [-0.15, -0.1) is 12.4 Å².